The Morgan fingerprint density at radius 3 is 2.59 bits per heavy atom. The molecule has 1 aromatic heterocycles. The van der Waals surface area contributed by atoms with Gasteiger partial charge in [-0.05, 0) is 23.9 Å². The zero-order valence-corrected chi connectivity index (χ0v) is 13.3. The van der Waals surface area contributed by atoms with Crippen LogP contribution in [0.5, 0.6) is 0 Å². The summed E-state index contributed by atoms with van der Waals surface area (Å²) in [5, 5.41) is 4.71. The molecule has 0 radical (unpaired) electrons. The molecule has 0 aliphatic rings. The lowest BCUT2D eigenvalue weighted by molar-refractivity contribution is -0.147. The first-order valence-corrected chi connectivity index (χ1v) is 8.09. The number of esters is 1. The predicted molar refractivity (Wildman–Crippen MR) is 86.7 cm³/mol. The van der Waals surface area contributed by atoms with E-state index in [1.165, 1.54) is 11.3 Å². The maximum absolute atomic E-state index is 12.1. The number of carbonyl (C=O) groups is 2. The van der Waals surface area contributed by atoms with Gasteiger partial charge in [-0.2, -0.15) is 0 Å². The number of nitrogens with one attached hydrogen (secondary N) is 1. The first kappa shape index (κ1) is 16.2. The molecule has 1 aromatic carbocycles. The molecule has 1 amide bonds. The minimum Gasteiger partial charge on any atom is -0.464 e. The third-order valence-corrected chi connectivity index (χ3v) is 3.98. The topological polar surface area (TPSA) is 55.4 Å². The highest BCUT2D eigenvalue weighted by Gasteiger charge is 2.22. The Morgan fingerprint density at radius 1 is 1.18 bits per heavy atom. The quantitative estimate of drug-likeness (QED) is 0.799. The molecule has 1 heterocycles. The second-order valence-electron chi connectivity index (χ2n) is 4.82. The Hall–Kier alpha value is -2.14. The minimum atomic E-state index is -0.658. The maximum Gasteiger partial charge on any atom is 0.328 e. The first-order valence-electron chi connectivity index (χ1n) is 7.21. The van der Waals surface area contributed by atoms with Crippen LogP contribution < -0.4 is 5.32 Å². The highest BCUT2D eigenvalue weighted by Crippen LogP contribution is 2.10. The van der Waals surface area contributed by atoms with Crippen LogP contribution in [0.1, 0.15) is 17.4 Å². The SMILES string of the molecule is CCOC(=O)[C@H](Cc1ccccc1)NC(=O)Cc1cccs1. The fourth-order valence-electron chi connectivity index (χ4n) is 2.10. The summed E-state index contributed by atoms with van der Waals surface area (Å²) in [4.78, 5) is 25.1. The first-order chi connectivity index (χ1) is 10.7. The summed E-state index contributed by atoms with van der Waals surface area (Å²) in [6, 6.07) is 12.7. The maximum atomic E-state index is 12.1. The van der Waals surface area contributed by atoms with Crippen molar-refractivity contribution in [3.8, 4) is 0 Å². The Bertz CT molecular complexity index is 596. The minimum absolute atomic E-state index is 0.170. The third-order valence-electron chi connectivity index (χ3n) is 3.10. The van der Waals surface area contributed by atoms with Crippen molar-refractivity contribution in [2.24, 2.45) is 0 Å². The summed E-state index contributed by atoms with van der Waals surface area (Å²) in [5.74, 6) is -0.567. The van der Waals surface area contributed by atoms with Crippen molar-refractivity contribution in [2.45, 2.75) is 25.8 Å². The number of thiophene rings is 1. The van der Waals surface area contributed by atoms with Crippen LogP contribution in [0.15, 0.2) is 47.8 Å². The van der Waals surface area contributed by atoms with E-state index < -0.39 is 12.0 Å². The van der Waals surface area contributed by atoms with E-state index in [0.29, 0.717) is 13.0 Å². The molecule has 4 nitrogen and oxygen atoms in total. The van der Waals surface area contributed by atoms with Crippen LogP contribution in [0.4, 0.5) is 0 Å². The lowest BCUT2D eigenvalue weighted by atomic mass is 10.1. The molecule has 0 saturated carbocycles. The number of hydrogen-bond acceptors (Lipinski definition) is 4. The van der Waals surface area contributed by atoms with E-state index in [-0.39, 0.29) is 12.3 Å². The fraction of sp³-hybridized carbons (Fsp3) is 0.294. The van der Waals surface area contributed by atoms with Gasteiger partial charge in [0.2, 0.25) is 5.91 Å². The highest BCUT2D eigenvalue weighted by molar-refractivity contribution is 7.10. The Labute approximate surface area is 134 Å². The van der Waals surface area contributed by atoms with Crippen LogP contribution in [-0.4, -0.2) is 24.5 Å². The zero-order valence-electron chi connectivity index (χ0n) is 12.5. The van der Waals surface area contributed by atoms with Gasteiger partial charge in [-0.1, -0.05) is 36.4 Å². The smallest absolute Gasteiger partial charge is 0.328 e. The average Bonchev–Trinajstić information content (AvgIpc) is 3.00. The summed E-state index contributed by atoms with van der Waals surface area (Å²) in [6.07, 6.45) is 0.707. The molecule has 5 heteroatoms. The van der Waals surface area contributed by atoms with Crippen LogP contribution >= 0.6 is 11.3 Å². The molecular formula is C17H19NO3S. The van der Waals surface area contributed by atoms with Gasteiger partial charge >= 0.3 is 5.97 Å². The molecule has 2 aromatic rings. The van der Waals surface area contributed by atoms with Crippen molar-refractivity contribution in [1.29, 1.82) is 0 Å². The van der Waals surface area contributed by atoms with E-state index in [4.69, 9.17) is 4.74 Å². The van der Waals surface area contributed by atoms with E-state index >= 15 is 0 Å². The van der Waals surface area contributed by atoms with E-state index in [1.54, 1.807) is 6.92 Å². The third kappa shape index (κ3) is 5.00. The molecule has 0 unspecified atom stereocenters. The van der Waals surface area contributed by atoms with Gasteiger partial charge < -0.3 is 10.1 Å². The molecule has 116 valence electrons. The summed E-state index contributed by atoms with van der Waals surface area (Å²) < 4.78 is 5.06. The summed E-state index contributed by atoms with van der Waals surface area (Å²) >= 11 is 1.52. The molecular weight excluding hydrogens is 298 g/mol. The highest BCUT2D eigenvalue weighted by atomic mass is 32.1. The average molecular weight is 317 g/mol. The molecule has 1 N–H and O–H groups in total. The normalized spacial score (nSPS) is 11.7. The Kier molecular flexibility index (Phi) is 6.15. The molecule has 0 aliphatic carbocycles. The molecule has 0 bridgehead atoms. The molecule has 2 rings (SSSR count). The van der Waals surface area contributed by atoms with Gasteiger partial charge in [-0.25, -0.2) is 4.79 Å². The second-order valence-corrected chi connectivity index (χ2v) is 5.85. The van der Waals surface area contributed by atoms with Crippen molar-refractivity contribution < 1.29 is 14.3 Å². The van der Waals surface area contributed by atoms with Gasteiger partial charge in [0, 0.05) is 11.3 Å². The van der Waals surface area contributed by atoms with Crippen LogP contribution in [0, 0.1) is 0 Å². The van der Waals surface area contributed by atoms with Crippen molar-refractivity contribution in [3.63, 3.8) is 0 Å². The van der Waals surface area contributed by atoms with Crippen LogP contribution in [-0.2, 0) is 27.2 Å². The standard InChI is InChI=1S/C17H19NO3S/c1-2-21-17(20)15(11-13-7-4-3-5-8-13)18-16(19)12-14-9-6-10-22-14/h3-10,15H,2,11-12H2,1H3,(H,18,19)/t15-/m0/s1. The van der Waals surface area contributed by atoms with E-state index in [0.717, 1.165) is 10.4 Å². The van der Waals surface area contributed by atoms with Crippen LogP contribution in [0.25, 0.3) is 0 Å². The fourth-order valence-corrected chi connectivity index (χ4v) is 2.81. The molecule has 0 fully saturated rings. The number of hydrogen-bond donors (Lipinski definition) is 1. The van der Waals surface area contributed by atoms with Gasteiger partial charge in [-0.3, -0.25) is 4.79 Å². The number of benzene rings is 1. The van der Waals surface area contributed by atoms with Crippen LogP contribution in [0.3, 0.4) is 0 Å². The van der Waals surface area contributed by atoms with Gasteiger partial charge in [-0.15, -0.1) is 11.3 Å². The van der Waals surface area contributed by atoms with Crippen molar-refractivity contribution in [3.05, 3.63) is 58.3 Å². The van der Waals surface area contributed by atoms with Crippen molar-refractivity contribution in [1.82, 2.24) is 5.32 Å². The number of carbonyl (C=O) groups excluding carboxylic acids is 2. The van der Waals surface area contributed by atoms with Gasteiger partial charge in [0.25, 0.3) is 0 Å². The van der Waals surface area contributed by atoms with Crippen molar-refractivity contribution in [2.75, 3.05) is 6.61 Å². The van der Waals surface area contributed by atoms with Gasteiger partial charge in [0.15, 0.2) is 0 Å². The van der Waals surface area contributed by atoms with Gasteiger partial charge in [0.1, 0.15) is 6.04 Å². The largest absolute Gasteiger partial charge is 0.464 e. The molecule has 1 atom stereocenters. The predicted octanol–water partition coefficient (Wildman–Crippen LogP) is 2.58. The number of ether oxygens (including phenoxy) is 1. The van der Waals surface area contributed by atoms with E-state index in [2.05, 4.69) is 5.32 Å². The molecule has 0 spiro atoms. The van der Waals surface area contributed by atoms with Gasteiger partial charge in [0.05, 0.1) is 13.0 Å². The van der Waals surface area contributed by atoms with Crippen molar-refractivity contribution >= 4 is 23.2 Å². The van der Waals surface area contributed by atoms with Crippen LogP contribution in [0.2, 0.25) is 0 Å². The lowest BCUT2D eigenvalue weighted by Crippen LogP contribution is -2.44. The van der Waals surface area contributed by atoms with E-state index in [1.807, 2.05) is 47.8 Å². The zero-order chi connectivity index (χ0) is 15.8. The number of rotatable bonds is 7. The molecule has 22 heavy (non-hydrogen) atoms. The second kappa shape index (κ2) is 8.34. The molecule has 0 saturated heterocycles. The Balaban J connectivity index is 2.00. The summed E-state index contributed by atoms with van der Waals surface area (Å²) in [6.45, 7) is 2.05. The van der Waals surface area contributed by atoms with E-state index in [9.17, 15) is 9.59 Å². The summed E-state index contributed by atoms with van der Waals surface area (Å²) in [5.41, 5.74) is 0.983. The Morgan fingerprint density at radius 2 is 1.95 bits per heavy atom. The lowest BCUT2D eigenvalue weighted by Gasteiger charge is -2.17. The molecule has 0 aliphatic heterocycles. The summed E-state index contributed by atoms with van der Waals surface area (Å²) in [7, 11) is 0. The number of amides is 1. The monoisotopic (exact) mass is 317 g/mol.